The maximum atomic E-state index is 12.9. The molecule has 1 aliphatic heterocycles. The number of carbonyl (C=O) groups excluding carboxylic acids is 1. The van der Waals surface area contributed by atoms with Crippen molar-refractivity contribution in [2.45, 2.75) is 19.6 Å². The van der Waals surface area contributed by atoms with Gasteiger partial charge in [-0.05, 0) is 36.9 Å². The minimum atomic E-state index is -0.930. The zero-order chi connectivity index (χ0) is 20.8. The molecule has 7 nitrogen and oxygen atoms in total. The van der Waals surface area contributed by atoms with Crippen molar-refractivity contribution in [3.05, 3.63) is 65.2 Å². The molecule has 0 aromatic heterocycles. The van der Waals surface area contributed by atoms with Gasteiger partial charge in [0.15, 0.2) is 0 Å². The molecule has 0 saturated carbocycles. The lowest BCUT2D eigenvalue weighted by Gasteiger charge is -2.25. The van der Waals surface area contributed by atoms with Crippen LogP contribution >= 0.6 is 0 Å². The first kappa shape index (κ1) is 20.7. The molecule has 2 aromatic carbocycles. The average Bonchev–Trinajstić information content (AvgIpc) is 3.15. The van der Waals surface area contributed by atoms with Crippen LogP contribution in [0.25, 0.3) is 0 Å². The molecule has 154 valence electrons. The van der Waals surface area contributed by atoms with Crippen LogP contribution in [0.15, 0.2) is 48.5 Å². The molecule has 1 aliphatic rings. The summed E-state index contributed by atoms with van der Waals surface area (Å²) in [5.74, 6) is 0.0152. The van der Waals surface area contributed by atoms with E-state index < -0.39 is 6.09 Å². The van der Waals surface area contributed by atoms with Gasteiger partial charge in [0.25, 0.3) is 0 Å². The van der Waals surface area contributed by atoms with Crippen LogP contribution in [-0.2, 0) is 24.4 Å². The Labute approximate surface area is 171 Å². The zero-order valence-electron chi connectivity index (χ0n) is 17.0. The Morgan fingerprint density at radius 1 is 1.03 bits per heavy atom. The second kappa shape index (κ2) is 9.43. The van der Waals surface area contributed by atoms with Crippen LogP contribution in [0.2, 0.25) is 0 Å². The number of likely N-dealkylation sites (N-methyl/N-ethyl adjacent to an activating group) is 1. The highest BCUT2D eigenvalue weighted by Gasteiger charge is 2.25. The number of benzene rings is 2. The van der Waals surface area contributed by atoms with Gasteiger partial charge < -0.3 is 20.2 Å². The quantitative estimate of drug-likeness (QED) is 0.718. The average molecular weight is 396 g/mol. The predicted molar refractivity (Wildman–Crippen MR) is 113 cm³/mol. The van der Waals surface area contributed by atoms with E-state index in [9.17, 15) is 14.7 Å². The third-order valence-electron chi connectivity index (χ3n) is 5.07. The van der Waals surface area contributed by atoms with Crippen LogP contribution in [0, 0.1) is 0 Å². The van der Waals surface area contributed by atoms with Crippen LogP contribution in [0.1, 0.15) is 16.7 Å². The van der Waals surface area contributed by atoms with Gasteiger partial charge in [0.1, 0.15) is 0 Å². The largest absolute Gasteiger partial charge is 0.465 e. The molecule has 0 bridgehead atoms. The minimum Gasteiger partial charge on any atom is -0.465 e. The van der Waals surface area contributed by atoms with Gasteiger partial charge in [-0.3, -0.25) is 9.69 Å². The maximum absolute atomic E-state index is 12.9. The van der Waals surface area contributed by atoms with Crippen LogP contribution in [0.5, 0.6) is 0 Å². The molecule has 0 radical (unpaired) electrons. The van der Waals surface area contributed by atoms with Crippen molar-refractivity contribution in [2.24, 2.45) is 0 Å². The number of amides is 2. The second-order valence-corrected chi connectivity index (χ2v) is 7.54. The van der Waals surface area contributed by atoms with E-state index >= 15 is 0 Å². The Bertz CT molecular complexity index is 854. The summed E-state index contributed by atoms with van der Waals surface area (Å²) in [6.07, 6.45) is -0.930. The highest BCUT2D eigenvalue weighted by molar-refractivity contribution is 5.81. The summed E-state index contributed by atoms with van der Waals surface area (Å²) in [5.41, 5.74) is 3.85. The Morgan fingerprint density at radius 3 is 2.48 bits per heavy atom. The monoisotopic (exact) mass is 396 g/mol. The molecule has 29 heavy (non-hydrogen) atoms. The molecule has 7 heteroatoms. The summed E-state index contributed by atoms with van der Waals surface area (Å²) < 4.78 is 0. The molecule has 3 rings (SSSR count). The first-order chi connectivity index (χ1) is 13.9. The summed E-state index contributed by atoms with van der Waals surface area (Å²) in [4.78, 5) is 29.5. The molecule has 2 amide bonds. The van der Waals surface area contributed by atoms with Crippen molar-refractivity contribution in [1.29, 1.82) is 0 Å². The summed E-state index contributed by atoms with van der Waals surface area (Å²) >= 11 is 0. The minimum absolute atomic E-state index is 0.0152. The fraction of sp³-hybridized carbons (Fsp3) is 0.364. The fourth-order valence-corrected chi connectivity index (χ4v) is 3.42. The summed E-state index contributed by atoms with van der Waals surface area (Å²) in [5, 5.41) is 12.5. The third kappa shape index (κ3) is 5.48. The van der Waals surface area contributed by atoms with Crippen LogP contribution < -0.4 is 5.32 Å². The molecule has 0 unspecified atom stereocenters. The Morgan fingerprint density at radius 2 is 1.79 bits per heavy atom. The molecule has 0 aliphatic carbocycles. The molecule has 2 aromatic rings. The normalized spacial score (nSPS) is 12.7. The first-order valence-corrected chi connectivity index (χ1v) is 9.73. The van der Waals surface area contributed by atoms with E-state index in [0.717, 1.165) is 28.9 Å². The Kier molecular flexibility index (Phi) is 6.72. The molecular formula is C22H28N4O3. The number of hydrogen-bond acceptors (Lipinski definition) is 4. The van der Waals surface area contributed by atoms with Crippen molar-refractivity contribution in [1.82, 2.24) is 14.7 Å². The summed E-state index contributed by atoms with van der Waals surface area (Å²) in [6, 6.07) is 15.7. The number of hydrogen-bond donors (Lipinski definition) is 2. The lowest BCUT2D eigenvalue weighted by atomic mass is 10.1. The van der Waals surface area contributed by atoms with Crippen molar-refractivity contribution in [3.63, 3.8) is 0 Å². The third-order valence-corrected chi connectivity index (χ3v) is 5.07. The summed E-state index contributed by atoms with van der Waals surface area (Å²) in [6.45, 7) is 2.89. The smallest absolute Gasteiger partial charge is 0.407 e. The van der Waals surface area contributed by atoms with Crippen molar-refractivity contribution < 1.29 is 14.7 Å². The number of fused-ring (bicyclic) bond motifs is 1. The number of carbonyl (C=O) groups is 2. The van der Waals surface area contributed by atoms with Gasteiger partial charge in [0, 0.05) is 31.9 Å². The van der Waals surface area contributed by atoms with Crippen LogP contribution in [0.4, 0.5) is 10.5 Å². The molecular weight excluding hydrogens is 368 g/mol. The molecule has 1 heterocycles. The van der Waals surface area contributed by atoms with E-state index in [1.807, 2.05) is 67.5 Å². The van der Waals surface area contributed by atoms with Crippen molar-refractivity contribution >= 4 is 17.7 Å². The standard InChI is InChI=1S/C22H28N4O3/c1-24(2)11-12-25(14-17-7-4-3-5-8-17)21(27)13-23-20-10-6-9-18-15-26(22(28)29)16-19(18)20/h3-10,23H,11-16H2,1-2H3,(H,28,29). The van der Waals surface area contributed by atoms with Gasteiger partial charge in [-0.1, -0.05) is 42.5 Å². The number of nitrogens with one attached hydrogen (secondary N) is 1. The number of anilines is 1. The zero-order valence-corrected chi connectivity index (χ0v) is 17.0. The number of carboxylic acid groups (broad SMARTS) is 1. The lowest BCUT2D eigenvalue weighted by Crippen LogP contribution is -2.39. The highest BCUT2D eigenvalue weighted by Crippen LogP contribution is 2.29. The number of nitrogens with zero attached hydrogens (tertiary/aromatic N) is 3. The van der Waals surface area contributed by atoms with Gasteiger partial charge in [-0.15, -0.1) is 0 Å². The maximum Gasteiger partial charge on any atom is 0.407 e. The van der Waals surface area contributed by atoms with Crippen LogP contribution in [-0.4, -0.2) is 65.5 Å². The molecule has 0 spiro atoms. The first-order valence-electron chi connectivity index (χ1n) is 9.73. The van der Waals surface area contributed by atoms with Crippen molar-refractivity contribution in [3.8, 4) is 0 Å². The Hall–Kier alpha value is -3.06. The molecule has 0 atom stereocenters. The second-order valence-electron chi connectivity index (χ2n) is 7.54. The van der Waals surface area contributed by atoms with Gasteiger partial charge in [0.05, 0.1) is 13.1 Å². The van der Waals surface area contributed by atoms with Gasteiger partial charge in [-0.25, -0.2) is 4.79 Å². The van der Waals surface area contributed by atoms with Gasteiger partial charge >= 0.3 is 6.09 Å². The highest BCUT2D eigenvalue weighted by atomic mass is 16.4. The van der Waals surface area contributed by atoms with Gasteiger partial charge in [0.2, 0.25) is 5.91 Å². The molecule has 0 saturated heterocycles. The van der Waals surface area contributed by atoms with E-state index in [2.05, 4.69) is 10.2 Å². The number of rotatable bonds is 8. The molecule has 0 fully saturated rings. The SMILES string of the molecule is CN(C)CCN(Cc1ccccc1)C(=O)CNc1cccc2c1CN(C(=O)O)C2. The fourth-order valence-electron chi connectivity index (χ4n) is 3.42. The van der Waals surface area contributed by atoms with E-state index in [0.29, 0.717) is 26.2 Å². The van der Waals surface area contributed by atoms with Crippen LogP contribution in [0.3, 0.4) is 0 Å². The van der Waals surface area contributed by atoms with E-state index in [-0.39, 0.29) is 12.5 Å². The topological polar surface area (TPSA) is 76.1 Å². The van der Waals surface area contributed by atoms with E-state index in [1.165, 1.54) is 4.90 Å². The predicted octanol–water partition coefficient (Wildman–Crippen LogP) is 2.68. The van der Waals surface area contributed by atoms with Crippen molar-refractivity contribution in [2.75, 3.05) is 39.0 Å². The Balaban J connectivity index is 1.66. The van der Waals surface area contributed by atoms with Gasteiger partial charge in [-0.2, -0.15) is 0 Å². The van der Waals surface area contributed by atoms with E-state index in [4.69, 9.17) is 0 Å². The summed E-state index contributed by atoms with van der Waals surface area (Å²) in [7, 11) is 3.98. The van der Waals surface area contributed by atoms with E-state index in [1.54, 1.807) is 0 Å². The molecule has 2 N–H and O–H groups in total. The lowest BCUT2D eigenvalue weighted by molar-refractivity contribution is -0.130.